The van der Waals surface area contributed by atoms with E-state index in [2.05, 4.69) is 101 Å². The molecule has 4 rings (SSSR count). The van der Waals surface area contributed by atoms with E-state index in [0.717, 1.165) is 25.2 Å². The maximum absolute atomic E-state index is 4.63. The smallest absolute Gasteiger partial charge is 0.129 e. The highest BCUT2D eigenvalue weighted by atomic mass is 28.3. The fourth-order valence-corrected chi connectivity index (χ4v) is 4.43. The van der Waals surface area contributed by atoms with Gasteiger partial charge in [-0.2, -0.15) is 0 Å². The highest BCUT2D eigenvalue weighted by Crippen LogP contribution is 2.36. The van der Waals surface area contributed by atoms with Gasteiger partial charge in [0.15, 0.2) is 0 Å². The summed E-state index contributed by atoms with van der Waals surface area (Å²) >= 11 is 0. The first-order valence-electron chi connectivity index (χ1n) is 11.3. The van der Waals surface area contributed by atoms with Crippen LogP contribution in [0.5, 0.6) is 0 Å². The lowest BCUT2D eigenvalue weighted by molar-refractivity contribution is 0.204. The Balaban J connectivity index is 1.57. The predicted molar refractivity (Wildman–Crippen MR) is 136 cm³/mol. The first-order valence-corrected chi connectivity index (χ1v) is 14.8. The molecule has 0 N–H and O–H groups in total. The third-order valence-corrected chi connectivity index (χ3v) is 6.58. The maximum atomic E-state index is 4.63. The number of rotatable bonds is 4. The molecule has 2 aromatic heterocycles. The highest BCUT2D eigenvalue weighted by molar-refractivity contribution is 6.83. The van der Waals surface area contributed by atoms with Crippen LogP contribution >= 0.6 is 0 Å². The van der Waals surface area contributed by atoms with Gasteiger partial charge in [-0.05, 0) is 47.7 Å². The summed E-state index contributed by atoms with van der Waals surface area (Å²) in [5.74, 6) is 3.25. The van der Waals surface area contributed by atoms with Crippen molar-refractivity contribution < 1.29 is 0 Å². The average molecular weight is 438 g/mol. The van der Waals surface area contributed by atoms with E-state index in [1.54, 1.807) is 0 Å². The molecule has 1 aliphatic heterocycles. The van der Waals surface area contributed by atoms with E-state index in [1.807, 2.05) is 24.7 Å². The van der Waals surface area contributed by atoms with Gasteiger partial charge in [0, 0.05) is 37.7 Å². The predicted octanol–water partition coefficient (Wildman–Crippen LogP) is 6.04. The molecule has 32 heavy (non-hydrogen) atoms. The first kappa shape index (κ1) is 22.2. The number of benzene rings is 1. The second-order valence-corrected chi connectivity index (χ2v) is 14.3. The Hall–Kier alpha value is -3.00. The Bertz CT molecular complexity index is 1130. The van der Waals surface area contributed by atoms with Crippen molar-refractivity contribution in [3.05, 3.63) is 101 Å². The topological polar surface area (TPSA) is 29.0 Å². The lowest BCUT2D eigenvalue weighted by atomic mass is 9.91. The zero-order valence-electron chi connectivity index (χ0n) is 19.5. The van der Waals surface area contributed by atoms with Gasteiger partial charge in [-0.15, -0.1) is 5.54 Å². The zero-order chi connectivity index (χ0) is 22.6. The van der Waals surface area contributed by atoms with Crippen molar-refractivity contribution in [2.24, 2.45) is 0 Å². The number of aromatic nitrogens is 2. The summed E-state index contributed by atoms with van der Waals surface area (Å²) in [5, 5.41) is 0. The third-order valence-electron chi connectivity index (χ3n) is 5.70. The van der Waals surface area contributed by atoms with Crippen LogP contribution in [0.15, 0.2) is 73.2 Å². The van der Waals surface area contributed by atoms with Gasteiger partial charge in [0.25, 0.3) is 0 Å². The fourth-order valence-electron chi connectivity index (χ4n) is 3.92. The second-order valence-electron chi connectivity index (χ2n) is 9.58. The van der Waals surface area contributed by atoms with E-state index < -0.39 is 8.07 Å². The van der Waals surface area contributed by atoms with E-state index in [1.165, 1.54) is 27.8 Å². The summed E-state index contributed by atoms with van der Waals surface area (Å²) in [4.78, 5) is 11.6. The van der Waals surface area contributed by atoms with Crippen LogP contribution in [-0.2, 0) is 6.54 Å². The van der Waals surface area contributed by atoms with Crippen LogP contribution in [0.4, 0.5) is 0 Å². The van der Waals surface area contributed by atoms with Crippen LogP contribution in [0.3, 0.4) is 0 Å². The van der Waals surface area contributed by atoms with Crippen molar-refractivity contribution in [3.8, 4) is 11.5 Å². The monoisotopic (exact) mass is 437 g/mol. The molecule has 162 valence electrons. The van der Waals surface area contributed by atoms with E-state index >= 15 is 0 Å². The molecule has 1 aromatic carbocycles. The SMILES string of the molecule is Cc1ccc(CN2CC=C(c3ccc(C#C[Si](C)(C)C)nc3)CC2c2cccnc2)cc1. The molecule has 1 atom stereocenters. The minimum atomic E-state index is -1.40. The summed E-state index contributed by atoms with van der Waals surface area (Å²) in [6, 6.07) is 17.6. The molecule has 1 unspecified atom stereocenters. The minimum absolute atomic E-state index is 0.288. The number of hydrogen-bond acceptors (Lipinski definition) is 3. The summed E-state index contributed by atoms with van der Waals surface area (Å²) in [6.45, 7) is 10.7. The summed E-state index contributed by atoms with van der Waals surface area (Å²) in [7, 11) is -1.40. The summed E-state index contributed by atoms with van der Waals surface area (Å²) < 4.78 is 0. The van der Waals surface area contributed by atoms with Crippen LogP contribution in [0.2, 0.25) is 19.6 Å². The van der Waals surface area contributed by atoms with E-state index in [9.17, 15) is 0 Å². The molecule has 0 spiro atoms. The lowest BCUT2D eigenvalue weighted by Gasteiger charge is -2.35. The Labute approximate surface area is 193 Å². The number of pyridine rings is 2. The van der Waals surface area contributed by atoms with Crippen molar-refractivity contribution in [1.29, 1.82) is 0 Å². The van der Waals surface area contributed by atoms with Crippen molar-refractivity contribution in [1.82, 2.24) is 14.9 Å². The molecule has 0 fully saturated rings. The van der Waals surface area contributed by atoms with Gasteiger partial charge in [-0.3, -0.25) is 9.88 Å². The molecule has 0 aliphatic carbocycles. The maximum Gasteiger partial charge on any atom is 0.129 e. The van der Waals surface area contributed by atoms with Gasteiger partial charge in [0.1, 0.15) is 13.8 Å². The zero-order valence-corrected chi connectivity index (χ0v) is 20.5. The Kier molecular flexibility index (Phi) is 6.69. The molecule has 0 amide bonds. The van der Waals surface area contributed by atoms with Gasteiger partial charge < -0.3 is 0 Å². The largest absolute Gasteiger partial charge is 0.288 e. The number of hydrogen-bond donors (Lipinski definition) is 0. The Morgan fingerprint density at radius 3 is 2.50 bits per heavy atom. The van der Waals surface area contributed by atoms with E-state index in [4.69, 9.17) is 0 Å². The number of nitrogens with zero attached hydrogens (tertiary/aromatic N) is 3. The molecule has 1 aliphatic rings. The standard InChI is InChI=1S/C28H31N3Si/c1-22-7-9-23(10-8-22)21-31-16-13-24(18-28(31)26-6-5-15-29-19-26)25-11-12-27(30-20-25)14-17-32(2,3)4/h5-13,15,19-20,28H,16,18,21H2,1-4H3. The third kappa shape index (κ3) is 5.82. The van der Waals surface area contributed by atoms with E-state index in [0.29, 0.717) is 0 Å². The molecule has 4 heteroatoms. The van der Waals surface area contributed by atoms with Gasteiger partial charge >= 0.3 is 0 Å². The van der Waals surface area contributed by atoms with Crippen LogP contribution in [0.1, 0.15) is 40.4 Å². The molecular weight excluding hydrogens is 406 g/mol. The lowest BCUT2D eigenvalue weighted by Crippen LogP contribution is -2.32. The molecule has 3 heterocycles. The van der Waals surface area contributed by atoms with Crippen LogP contribution < -0.4 is 0 Å². The number of aryl methyl sites for hydroxylation is 1. The molecule has 3 aromatic rings. The fraction of sp³-hybridized carbons (Fsp3) is 0.286. The second kappa shape index (κ2) is 9.64. The van der Waals surface area contributed by atoms with Crippen molar-refractivity contribution in [3.63, 3.8) is 0 Å². The van der Waals surface area contributed by atoms with Crippen molar-refractivity contribution in [2.45, 2.75) is 45.6 Å². The molecule has 0 radical (unpaired) electrons. The average Bonchev–Trinajstić information content (AvgIpc) is 2.80. The Morgan fingerprint density at radius 2 is 1.84 bits per heavy atom. The summed E-state index contributed by atoms with van der Waals surface area (Å²) in [6.07, 6.45) is 9.13. The highest BCUT2D eigenvalue weighted by Gasteiger charge is 2.26. The summed E-state index contributed by atoms with van der Waals surface area (Å²) in [5.41, 5.74) is 10.7. The normalized spacial score (nSPS) is 16.8. The van der Waals surface area contributed by atoms with Gasteiger partial charge in [-0.1, -0.05) is 73.6 Å². The van der Waals surface area contributed by atoms with Crippen LogP contribution in [-0.4, -0.2) is 29.5 Å². The molecular formula is C28H31N3Si. The molecule has 3 nitrogen and oxygen atoms in total. The molecule has 0 bridgehead atoms. The van der Waals surface area contributed by atoms with E-state index in [-0.39, 0.29) is 6.04 Å². The molecule has 0 saturated carbocycles. The first-order chi connectivity index (χ1) is 15.4. The van der Waals surface area contributed by atoms with Gasteiger partial charge in [0.05, 0.1) is 0 Å². The quantitative estimate of drug-likeness (QED) is 0.368. The Morgan fingerprint density at radius 1 is 1.03 bits per heavy atom. The van der Waals surface area contributed by atoms with Gasteiger partial charge in [0.2, 0.25) is 0 Å². The van der Waals surface area contributed by atoms with Crippen molar-refractivity contribution in [2.75, 3.05) is 6.54 Å². The minimum Gasteiger partial charge on any atom is -0.288 e. The van der Waals surface area contributed by atoms with Gasteiger partial charge in [-0.25, -0.2) is 4.98 Å². The van der Waals surface area contributed by atoms with Crippen LogP contribution in [0, 0.1) is 18.4 Å². The molecule has 0 saturated heterocycles. The van der Waals surface area contributed by atoms with Crippen molar-refractivity contribution >= 4 is 13.6 Å². The van der Waals surface area contributed by atoms with Crippen LogP contribution in [0.25, 0.3) is 5.57 Å².